The van der Waals surface area contributed by atoms with E-state index in [1.807, 2.05) is 36.4 Å². The summed E-state index contributed by atoms with van der Waals surface area (Å²) in [5, 5.41) is 0. The zero-order valence-corrected chi connectivity index (χ0v) is 4.67. The highest BCUT2D eigenvalue weighted by molar-refractivity contribution is 5.45. The molecule has 8 heavy (non-hydrogen) atoms. The summed E-state index contributed by atoms with van der Waals surface area (Å²) in [6, 6.07) is 10.0. The van der Waals surface area contributed by atoms with Gasteiger partial charge in [0.25, 0.3) is 0 Å². The molecule has 0 atom stereocenters. The summed E-state index contributed by atoms with van der Waals surface area (Å²) in [7, 11) is 0. The highest BCUT2D eigenvalue weighted by Crippen LogP contribution is 1.97. The fraction of sp³-hybridized carbons (Fsp3) is 0. The molecule has 0 aliphatic rings. The Balaban J connectivity index is 2.99. The van der Waals surface area contributed by atoms with Crippen LogP contribution in [0.25, 0.3) is 6.08 Å². The van der Waals surface area contributed by atoms with Gasteiger partial charge in [-0.25, -0.2) is 0 Å². The maximum Gasteiger partial charge on any atom is -0.0263 e. The van der Waals surface area contributed by atoms with Crippen molar-refractivity contribution in [2.75, 3.05) is 0 Å². The monoisotopic (exact) mass is 106 g/mol. The highest BCUT2D eigenvalue weighted by Gasteiger charge is 1.75. The van der Waals surface area contributed by atoms with Crippen LogP contribution in [0.15, 0.2) is 36.9 Å². The first-order chi connectivity index (χ1) is 3.93. The second kappa shape index (κ2) is 2.31. The predicted molar refractivity (Wildman–Crippen MR) is 36.5 cm³/mol. The smallest absolute Gasteiger partial charge is 0.0263 e. The van der Waals surface area contributed by atoms with E-state index in [0.29, 0.717) is 0 Å². The van der Waals surface area contributed by atoms with Gasteiger partial charge in [-0.15, -0.1) is 0 Å². The molecule has 0 heteroatoms. The third-order valence-corrected chi connectivity index (χ3v) is 1.04. The lowest BCUT2D eigenvalue weighted by atomic mass is 10.3. The highest BCUT2D eigenvalue weighted by atomic mass is 14.2. The molecule has 0 spiro atoms. The maximum atomic E-state index is 3.63. The van der Waals surface area contributed by atoms with Gasteiger partial charge in [0.2, 0.25) is 0 Å². The van der Waals surface area contributed by atoms with E-state index in [1.165, 1.54) is 5.56 Å². The average molecular weight is 106 g/mol. The largest absolute Gasteiger partial charge is 0.0985 e. The standard InChI is InChI=1S/C8H8/c1-2-8-6-4-3-5-7-8/h2-7H,1H2/i1+1,2+1. The lowest BCUT2D eigenvalue weighted by Crippen LogP contribution is -1.63. The summed E-state index contributed by atoms with van der Waals surface area (Å²) in [5.74, 6) is 0. The van der Waals surface area contributed by atoms with E-state index < -0.39 is 0 Å². The van der Waals surface area contributed by atoms with Gasteiger partial charge in [0.15, 0.2) is 0 Å². The zero-order valence-electron chi connectivity index (χ0n) is 4.67. The Morgan fingerprint density at radius 2 is 1.75 bits per heavy atom. The summed E-state index contributed by atoms with van der Waals surface area (Å²) < 4.78 is 0. The molecule has 0 aromatic heterocycles. The van der Waals surface area contributed by atoms with Gasteiger partial charge in [-0.1, -0.05) is 43.0 Å². The molecule has 0 amide bonds. The van der Waals surface area contributed by atoms with Crippen LogP contribution in [0.1, 0.15) is 5.56 Å². The van der Waals surface area contributed by atoms with Gasteiger partial charge in [0, 0.05) is 0 Å². The van der Waals surface area contributed by atoms with Crippen molar-refractivity contribution < 1.29 is 0 Å². The Morgan fingerprint density at radius 1 is 1.12 bits per heavy atom. The first-order valence-electron chi connectivity index (χ1n) is 2.61. The predicted octanol–water partition coefficient (Wildman–Crippen LogP) is 2.33. The molecule has 0 aliphatic carbocycles. The number of rotatable bonds is 1. The topological polar surface area (TPSA) is 0 Å². The second-order valence-electron chi connectivity index (χ2n) is 1.61. The van der Waals surface area contributed by atoms with Gasteiger partial charge in [-0.2, -0.15) is 0 Å². The molecular weight excluding hydrogens is 98.1 g/mol. The molecule has 0 saturated heterocycles. The Morgan fingerprint density at radius 3 is 2.12 bits per heavy atom. The van der Waals surface area contributed by atoms with Gasteiger partial charge >= 0.3 is 0 Å². The lowest BCUT2D eigenvalue weighted by molar-refractivity contribution is 1.67. The Labute approximate surface area is 49.5 Å². The fourth-order valence-electron chi connectivity index (χ4n) is 0.589. The van der Waals surface area contributed by atoms with Crippen LogP contribution < -0.4 is 0 Å². The Bertz CT molecular complexity index is 163. The molecule has 1 aromatic carbocycles. The second-order valence-corrected chi connectivity index (χ2v) is 1.61. The van der Waals surface area contributed by atoms with Gasteiger partial charge in [0.1, 0.15) is 0 Å². The first kappa shape index (κ1) is 5.10. The summed E-state index contributed by atoms with van der Waals surface area (Å²) in [4.78, 5) is 0. The van der Waals surface area contributed by atoms with Gasteiger partial charge < -0.3 is 0 Å². The summed E-state index contributed by atoms with van der Waals surface area (Å²) >= 11 is 0. The minimum atomic E-state index is 1.17. The van der Waals surface area contributed by atoms with Crippen LogP contribution in [-0.2, 0) is 0 Å². The van der Waals surface area contributed by atoms with Crippen LogP contribution in [0.5, 0.6) is 0 Å². The molecule has 0 aliphatic heterocycles. The van der Waals surface area contributed by atoms with Crippen molar-refractivity contribution in [3.8, 4) is 0 Å². The van der Waals surface area contributed by atoms with Crippen molar-refractivity contribution in [3.05, 3.63) is 42.5 Å². The van der Waals surface area contributed by atoms with Crippen molar-refractivity contribution in [2.24, 2.45) is 0 Å². The molecular formula is C8H8. The van der Waals surface area contributed by atoms with Crippen LogP contribution in [0, 0.1) is 0 Å². The first-order valence-corrected chi connectivity index (χ1v) is 2.61. The van der Waals surface area contributed by atoms with E-state index in [-0.39, 0.29) is 0 Å². The van der Waals surface area contributed by atoms with Crippen molar-refractivity contribution in [1.82, 2.24) is 0 Å². The third kappa shape index (κ3) is 0.969. The van der Waals surface area contributed by atoms with E-state index in [1.54, 1.807) is 0 Å². The van der Waals surface area contributed by atoms with Crippen LogP contribution in [-0.4, -0.2) is 0 Å². The zero-order chi connectivity index (χ0) is 5.82. The third-order valence-electron chi connectivity index (χ3n) is 1.04. The van der Waals surface area contributed by atoms with E-state index >= 15 is 0 Å². The van der Waals surface area contributed by atoms with E-state index in [0.717, 1.165) is 0 Å². The minimum absolute atomic E-state index is 1.17. The molecule has 1 aromatic rings. The molecule has 0 N–H and O–H groups in total. The molecule has 0 nitrogen and oxygen atoms in total. The lowest BCUT2D eigenvalue weighted by Gasteiger charge is -1.85. The molecule has 0 bridgehead atoms. The Kier molecular flexibility index (Phi) is 1.48. The molecule has 40 valence electrons. The van der Waals surface area contributed by atoms with Crippen molar-refractivity contribution >= 4 is 6.08 Å². The van der Waals surface area contributed by atoms with Gasteiger partial charge in [0.05, 0.1) is 0 Å². The SMILES string of the molecule is [13CH2]=[13CH]c1ccccc1. The summed E-state index contributed by atoms with van der Waals surface area (Å²) in [6.07, 6.45) is 1.83. The molecule has 0 heterocycles. The minimum Gasteiger partial charge on any atom is -0.0985 e. The molecule has 0 unspecified atom stereocenters. The van der Waals surface area contributed by atoms with Crippen LogP contribution in [0.3, 0.4) is 0 Å². The quantitative estimate of drug-likeness (QED) is 0.482. The molecule has 1 rings (SSSR count). The average Bonchev–Trinajstić information content (AvgIpc) is 1.90. The summed E-state index contributed by atoms with van der Waals surface area (Å²) in [6.45, 7) is 3.63. The van der Waals surface area contributed by atoms with E-state index in [2.05, 4.69) is 6.58 Å². The van der Waals surface area contributed by atoms with Crippen LogP contribution >= 0.6 is 0 Å². The number of hydrogen-bond donors (Lipinski definition) is 0. The van der Waals surface area contributed by atoms with Gasteiger partial charge in [-0.3, -0.25) is 0 Å². The Hall–Kier alpha value is -1.04. The van der Waals surface area contributed by atoms with Crippen molar-refractivity contribution in [1.29, 1.82) is 0 Å². The fourth-order valence-corrected chi connectivity index (χ4v) is 0.589. The summed E-state index contributed by atoms with van der Waals surface area (Å²) in [5.41, 5.74) is 1.17. The van der Waals surface area contributed by atoms with Crippen LogP contribution in [0.2, 0.25) is 0 Å². The van der Waals surface area contributed by atoms with E-state index in [9.17, 15) is 0 Å². The molecule has 0 saturated carbocycles. The van der Waals surface area contributed by atoms with E-state index in [4.69, 9.17) is 0 Å². The van der Waals surface area contributed by atoms with Crippen LogP contribution in [0.4, 0.5) is 0 Å². The van der Waals surface area contributed by atoms with Crippen molar-refractivity contribution in [3.63, 3.8) is 0 Å². The number of hydrogen-bond acceptors (Lipinski definition) is 0. The maximum absolute atomic E-state index is 3.63. The van der Waals surface area contributed by atoms with Gasteiger partial charge in [-0.05, 0) is 5.56 Å². The molecule has 0 fully saturated rings. The number of benzene rings is 1. The van der Waals surface area contributed by atoms with Crippen molar-refractivity contribution in [2.45, 2.75) is 0 Å². The normalized spacial score (nSPS) is 8.50. The molecule has 0 radical (unpaired) electrons.